The van der Waals surface area contributed by atoms with E-state index in [4.69, 9.17) is 0 Å². The lowest BCUT2D eigenvalue weighted by atomic mass is 10.0. The van der Waals surface area contributed by atoms with Crippen LogP contribution in [0.5, 0.6) is 0 Å². The summed E-state index contributed by atoms with van der Waals surface area (Å²) in [6.45, 7) is 3.75. The summed E-state index contributed by atoms with van der Waals surface area (Å²) < 4.78 is 0. The smallest absolute Gasteiger partial charge is 0.321 e. The van der Waals surface area contributed by atoms with Crippen molar-refractivity contribution in [3.63, 3.8) is 0 Å². The first-order valence-electron chi connectivity index (χ1n) is 9.87. The third-order valence-corrected chi connectivity index (χ3v) is 5.26. The number of nitrogens with one attached hydrogen (secondary N) is 3. The maximum Gasteiger partial charge on any atom is 0.321 e. The summed E-state index contributed by atoms with van der Waals surface area (Å²) in [6, 6.07) is 7.33. The molecule has 0 aliphatic carbocycles. The van der Waals surface area contributed by atoms with Gasteiger partial charge in [0.1, 0.15) is 0 Å². The van der Waals surface area contributed by atoms with Crippen molar-refractivity contribution in [1.29, 1.82) is 0 Å². The topological polar surface area (TPSA) is 73.5 Å². The molecule has 1 unspecified atom stereocenters. The largest absolute Gasteiger partial charge is 0.326 e. The number of carbonyl (C=O) groups excluding carboxylic acids is 2. The number of rotatable bonds is 5. The lowest BCUT2D eigenvalue weighted by Crippen LogP contribution is -2.35. The van der Waals surface area contributed by atoms with E-state index in [0.29, 0.717) is 12.3 Å². The van der Waals surface area contributed by atoms with Crippen LogP contribution in [0.4, 0.5) is 16.2 Å². The number of amides is 3. The van der Waals surface area contributed by atoms with Crippen molar-refractivity contribution in [3.8, 4) is 0 Å². The molecule has 0 bridgehead atoms. The lowest BCUT2D eigenvalue weighted by Gasteiger charge is -2.20. The quantitative estimate of drug-likeness (QED) is 0.710. The van der Waals surface area contributed by atoms with Gasteiger partial charge in [0.25, 0.3) is 0 Å². The van der Waals surface area contributed by atoms with Crippen molar-refractivity contribution in [1.82, 2.24) is 10.2 Å². The molecule has 3 rings (SSSR count). The molecule has 7 heteroatoms. The first-order chi connectivity index (χ1) is 12.7. The Labute approximate surface area is 167 Å². The molecule has 27 heavy (non-hydrogen) atoms. The van der Waals surface area contributed by atoms with Crippen molar-refractivity contribution in [2.75, 3.05) is 36.8 Å². The Morgan fingerprint density at radius 1 is 1.00 bits per heavy atom. The van der Waals surface area contributed by atoms with Crippen LogP contribution in [0.15, 0.2) is 24.3 Å². The molecule has 0 radical (unpaired) electrons. The Hall–Kier alpha value is -1.79. The number of urea groups is 1. The molecule has 2 saturated heterocycles. The van der Waals surface area contributed by atoms with Gasteiger partial charge >= 0.3 is 6.03 Å². The molecule has 2 fully saturated rings. The maximum absolute atomic E-state index is 12.3. The fourth-order valence-electron chi connectivity index (χ4n) is 3.63. The SMILES string of the molecule is Cl.O=C(CCC1CCNC1)Nc1ccc(NC(=O)N2CCCCCC2)cc1. The van der Waals surface area contributed by atoms with Crippen LogP contribution in [0, 0.1) is 5.92 Å². The van der Waals surface area contributed by atoms with Crippen molar-refractivity contribution < 1.29 is 9.59 Å². The average molecular weight is 395 g/mol. The molecule has 1 atom stereocenters. The van der Waals surface area contributed by atoms with Crippen LogP contribution in [0.1, 0.15) is 44.9 Å². The number of likely N-dealkylation sites (tertiary alicyclic amines) is 1. The van der Waals surface area contributed by atoms with Crippen LogP contribution in [0.2, 0.25) is 0 Å². The second-order valence-corrected chi connectivity index (χ2v) is 7.35. The molecular formula is C20H31ClN4O2. The Kier molecular flexibility index (Phi) is 8.88. The summed E-state index contributed by atoms with van der Waals surface area (Å²) in [6.07, 6.45) is 7.22. The Balaban J connectivity index is 0.00000261. The monoisotopic (exact) mass is 394 g/mol. The van der Waals surface area contributed by atoms with E-state index in [1.54, 1.807) is 0 Å². The van der Waals surface area contributed by atoms with Gasteiger partial charge in [-0.15, -0.1) is 12.4 Å². The third-order valence-electron chi connectivity index (χ3n) is 5.26. The van der Waals surface area contributed by atoms with Crippen LogP contribution in [-0.2, 0) is 4.79 Å². The highest BCUT2D eigenvalue weighted by Gasteiger charge is 2.16. The molecule has 3 amide bonds. The highest BCUT2D eigenvalue weighted by Crippen LogP contribution is 2.18. The fraction of sp³-hybridized carbons (Fsp3) is 0.600. The molecule has 2 aliphatic rings. The van der Waals surface area contributed by atoms with Gasteiger partial charge in [-0.1, -0.05) is 12.8 Å². The van der Waals surface area contributed by atoms with E-state index in [1.807, 2.05) is 29.2 Å². The number of hydrogen-bond acceptors (Lipinski definition) is 3. The van der Waals surface area contributed by atoms with Crippen LogP contribution in [0.25, 0.3) is 0 Å². The van der Waals surface area contributed by atoms with Gasteiger partial charge in [-0.05, 0) is 69.0 Å². The van der Waals surface area contributed by atoms with Crippen LogP contribution < -0.4 is 16.0 Å². The molecule has 0 aromatic heterocycles. The van der Waals surface area contributed by atoms with Gasteiger partial charge in [-0.25, -0.2) is 4.79 Å². The molecule has 0 saturated carbocycles. The molecule has 1 aromatic rings. The zero-order valence-corrected chi connectivity index (χ0v) is 16.7. The number of anilines is 2. The van der Waals surface area contributed by atoms with Gasteiger partial charge in [-0.2, -0.15) is 0 Å². The molecule has 6 nitrogen and oxygen atoms in total. The Morgan fingerprint density at radius 3 is 2.22 bits per heavy atom. The molecule has 2 heterocycles. The number of halogens is 1. The number of carbonyl (C=O) groups is 2. The Morgan fingerprint density at radius 2 is 1.63 bits per heavy atom. The van der Waals surface area contributed by atoms with Crippen LogP contribution in [-0.4, -0.2) is 43.0 Å². The molecular weight excluding hydrogens is 364 g/mol. The van der Waals surface area contributed by atoms with Gasteiger partial charge in [0, 0.05) is 30.9 Å². The van der Waals surface area contributed by atoms with Crippen molar-refractivity contribution in [2.24, 2.45) is 5.92 Å². The molecule has 2 aliphatic heterocycles. The van der Waals surface area contributed by atoms with Crippen LogP contribution >= 0.6 is 12.4 Å². The highest BCUT2D eigenvalue weighted by molar-refractivity contribution is 5.92. The van der Waals surface area contributed by atoms with Gasteiger partial charge in [0.15, 0.2) is 0 Å². The number of nitrogens with zero attached hydrogens (tertiary/aromatic N) is 1. The van der Waals surface area contributed by atoms with Crippen molar-refractivity contribution >= 4 is 35.7 Å². The highest BCUT2D eigenvalue weighted by atomic mass is 35.5. The molecule has 1 aromatic carbocycles. The molecule has 150 valence electrons. The summed E-state index contributed by atoms with van der Waals surface area (Å²) in [7, 11) is 0. The minimum absolute atomic E-state index is 0. The minimum Gasteiger partial charge on any atom is -0.326 e. The number of benzene rings is 1. The zero-order valence-electron chi connectivity index (χ0n) is 15.8. The predicted molar refractivity (Wildman–Crippen MR) is 112 cm³/mol. The van der Waals surface area contributed by atoms with Crippen molar-refractivity contribution in [3.05, 3.63) is 24.3 Å². The van der Waals surface area contributed by atoms with E-state index in [1.165, 1.54) is 19.3 Å². The maximum atomic E-state index is 12.3. The van der Waals surface area contributed by atoms with Gasteiger partial charge in [0.05, 0.1) is 0 Å². The zero-order chi connectivity index (χ0) is 18.2. The summed E-state index contributed by atoms with van der Waals surface area (Å²) >= 11 is 0. The summed E-state index contributed by atoms with van der Waals surface area (Å²) in [4.78, 5) is 26.3. The van der Waals surface area contributed by atoms with E-state index in [-0.39, 0.29) is 24.3 Å². The number of hydrogen-bond donors (Lipinski definition) is 3. The van der Waals surface area contributed by atoms with Gasteiger partial charge in [-0.3, -0.25) is 4.79 Å². The molecule has 0 spiro atoms. The third kappa shape index (κ3) is 7.03. The first kappa shape index (κ1) is 21.5. The second-order valence-electron chi connectivity index (χ2n) is 7.35. The summed E-state index contributed by atoms with van der Waals surface area (Å²) in [5.74, 6) is 0.676. The van der Waals surface area contributed by atoms with Crippen molar-refractivity contribution in [2.45, 2.75) is 44.9 Å². The van der Waals surface area contributed by atoms with E-state index in [2.05, 4.69) is 16.0 Å². The van der Waals surface area contributed by atoms with Crippen LogP contribution in [0.3, 0.4) is 0 Å². The first-order valence-corrected chi connectivity index (χ1v) is 9.87. The van der Waals surface area contributed by atoms with E-state index in [9.17, 15) is 9.59 Å². The fourth-order valence-corrected chi connectivity index (χ4v) is 3.63. The summed E-state index contributed by atoms with van der Waals surface area (Å²) in [5.41, 5.74) is 1.53. The second kappa shape index (κ2) is 11.1. The normalized spacial score (nSPS) is 19.7. The van der Waals surface area contributed by atoms with Gasteiger partial charge in [0.2, 0.25) is 5.91 Å². The predicted octanol–water partition coefficient (Wildman–Crippen LogP) is 3.84. The average Bonchev–Trinajstić information content (AvgIpc) is 3.01. The van der Waals surface area contributed by atoms with E-state index in [0.717, 1.165) is 56.8 Å². The summed E-state index contributed by atoms with van der Waals surface area (Å²) in [5, 5.41) is 9.21. The van der Waals surface area contributed by atoms with Gasteiger partial charge < -0.3 is 20.9 Å². The van der Waals surface area contributed by atoms with E-state index >= 15 is 0 Å². The lowest BCUT2D eigenvalue weighted by molar-refractivity contribution is -0.116. The minimum atomic E-state index is -0.0335. The standard InChI is InChI=1S/C20H30N4O2.ClH/c25-19(10-5-16-11-12-21-15-16)22-17-6-8-18(9-7-17)23-20(26)24-13-3-1-2-4-14-24;/h6-9,16,21H,1-5,10-15H2,(H,22,25)(H,23,26);1H. The molecule has 3 N–H and O–H groups in total. The Bertz CT molecular complexity index is 595. The van der Waals surface area contributed by atoms with E-state index < -0.39 is 0 Å².